The second-order valence-corrected chi connectivity index (χ2v) is 5.71. The minimum atomic E-state index is -3.30. The van der Waals surface area contributed by atoms with Gasteiger partial charge >= 0.3 is 0 Å². The molecular formula is C9H11ClO3S. The van der Waals surface area contributed by atoms with Gasteiger partial charge in [0.05, 0.1) is 7.11 Å². The van der Waals surface area contributed by atoms with E-state index < -0.39 is 14.5 Å². The molecule has 0 radical (unpaired) electrons. The lowest BCUT2D eigenvalue weighted by Gasteiger charge is -2.11. The number of rotatable bonds is 3. The van der Waals surface area contributed by atoms with Crippen LogP contribution in [0.25, 0.3) is 0 Å². The Labute approximate surface area is 88.6 Å². The maximum absolute atomic E-state index is 11.2. The number of para-hydroxylation sites is 1. The predicted octanol–water partition coefficient (Wildman–Crippen LogP) is 1.98. The van der Waals surface area contributed by atoms with E-state index in [4.69, 9.17) is 16.3 Å². The van der Waals surface area contributed by atoms with Crippen LogP contribution in [0.2, 0.25) is 0 Å². The molecule has 0 heterocycles. The highest BCUT2D eigenvalue weighted by atomic mass is 35.5. The molecule has 0 aliphatic rings. The smallest absolute Gasteiger partial charge is 0.168 e. The van der Waals surface area contributed by atoms with Gasteiger partial charge in [0.2, 0.25) is 0 Å². The molecule has 1 rings (SSSR count). The Bertz CT molecular complexity index is 414. The van der Waals surface area contributed by atoms with Crippen LogP contribution in [0.15, 0.2) is 24.3 Å². The van der Waals surface area contributed by atoms with Crippen LogP contribution in [-0.4, -0.2) is 21.8 Å². The summed E-state index contributed by atoms with van der Waals surface area (Å²) in [6.07, 6.45) is 1.09. The molecule has 0 bridgehead atoms. The summed E-state index contributed by atoms with van der Waals surface area (Å²) < 4.78 is 26.4. The predicted molar refractivity (Wildman–Crippen MR) is 56.4 cm³/mol. The molecule has 14 heavy (non-hydrogen) atoms. The van der Waals surface area contributed by atoms with E-state index in [-0.39, 0.29) is 0 Å². The molecule has 0 saturated heterocycles. The minimum absolute atomic E-state index is 0.471. The van der Waals surface area contributed by atoms with Crippen LogP contribution in [0.4, 0.5) is 0 Å². The van der Waals surface area contributed by atoms with E-state index in [0.29, 0.717) is 11.3 Å². The van der Waals surface area contributed by atoms with Crippen molar-refractivity contribution in [2.45, 2.75) is 4.71 Å². The van der Waals surface area contributed by atoms with Gasteiger partial charge in [-0.05, 0) is 6.07 Å². The first-order chi connectivity index (χ1) is 6.46. The number of halogens is 1. The van der Waals surface area contributed by atoms with Gasteiger partial charge in [-0.3, -0.25) is 0 Å². The monoisotopic (exact) mass is 234 g/mol. The summed E-state index contributed by atoms with van der Waals surface area (Å²) in [6, 6.07) is 6.79. The first kappa shape index (κ1) is 11.3. The van der Waals surface area contributed by atoms with Crippen LogP contribution in [0, 0.1) is 0 Å². The van der Waals surface area contributed by atoms with Gasteiger partial charge in [0.15, 0.2) is 14.5 Å². The van der Waals surface area contributed by atoms with Crippen molar-refractivity contribution < 1.29 is 13.2 Å². The standard InChI is InChI=1S/C9H11ClO3S/c1-13-8-6-4-3-5-7(8)9(10)14(2,11)12/h3-6,9H,1-2H3. The molecule has 0 aromatic heterocycles. The lowest BCUT2D eigenvalue weighted by Crippen LogP contribution is -2.06. The van der Waals surface area contributed by atoms with Gasteiger partial charge in [-0.2, -0.15) is 0 Å². The third-order valence-corrected chi connectivity index (χ3v) is 3.97. The Morgan fingerprint density at radius 1 is 1.36 bits per heavy atom. The van der Waals surface area contributed by atoms with Crippen molar-refractivity contribution in [3.63, 3.8) is 0 Å². The van der Waals surface area contributed by atoms with Gasteiger partial charge in [-0.15, -0.1) is 11.6 Å². The zero-order valence-electron chi connectivity index (χ0n) is 7.90. The van der Waals surface area contributed by atoms with E-state index in [1.54, 1.807) is 24.3 Å². The molecular weight excluding hydrogens is 224 g/mol. The van der Waals surface area contributed by atoms with Crippen molar-refractivity contribution in [2.75, 3.05) is 13.4 Å². The fraction of sp³-hybridized carbons (Fsp3) is 0.333. The van der Waals surface area contributed by atoms with E-state index in [1.807, 2.05) is 0 Å². The lowest BCUT2D eigenvalue weighted by atomic mass is 10.2. The third-order valence-electron chi connectivity index (χ3n) is 1.76. The van der Waals surface area contributed by atoms with Gasteiger partial charge in [0.25, 0.3) is 0 Å². The molecule has 0 N–H and O–H groups in total. The minimum Gasteiger partial charge on any atom is -0.496 e. The Balaban J connectivity index is 3.19. The normalized spacial score (nSPS) is 13.6. The molecule has 0 aliphatic carbocycles. The summed E-state index contributed by atoms with van der Waals surface area (Å²) in [6.45, 7) is 0. The molecule has 1 aromatic rings. The Kier molecular flexibility index (Phi) is 3.39. The number of methoxy groups -OCH3 is 1. The van der Waals surface area contributed by atoms with E-state index in [9.17, 15) is 8.42 Å². The average molecular weight is 235 g/mol. The average Bonchev–Trinajstić information content (AvgIpc) is 2.15. The molecule has 5 heteroatoms. The number of hydrogen-bond acceptors (Lipinski definition) is 3. The van der Waals surface area contributed by atoms with Crippen molar-refractivity contribution in [1.29, 1.82) is 0 Å². The molecule has 0 spiro atoms. The number of sulfone groups is 1. The highest BCUT2D eigenvalue weighted by molar-refractivity contribution is 7.92. The van der Waals surface area contributed by atoms with Crippen LogP contribution in [0.3, 0.4) is 0 Å². The summed E-state index contributed by atoms with van der Waals surface area (Å²) in [7, 11) is -1.83. The van der Waals surface area contributed by atoms with E-state index in [1.165, 1.54) is 7.11 Å². The van der Waals surface area contributed by atoms with E-state index in [2.05, 4.69) is 0 Å². The summed E-state index contributed by atoms with van der Waals surface area (Å²) in [5.74, 6) is 0.484. The van der Waals surface area contributed by atoms with Crippen molar-refractivity contribution in [3.8, 4) is 5.75 Å². The first-order valence-electron chi connectivity index (χ1n) is 3.92. The van der Waals surface area contributed by atoms with Gasteiger partial charge in [-0.1, -0.05) is 18.2 Å². The summed E-state index contributed by atoms with van der Waals surface area (Å²) >= 11 is 5.80. The summed E-state index contributed by atoms with van der Waals surface area (Å²) in [5, 5.41) is 0. The Morgan fingerprint density at radius 2 is 1.93 bits per heavy atom. The number of hydrogen-bond donors (Lipinski definition) is 0. The maximum atomic E-state index is 11.2. The van der Waals surface area contributed by atoms with Gasteiger partial charge in [0.1, 0.15) is 5.75 Å². The zero-order chi connectivity index (χ0) is 10.8. The number of ether oxygens (including phenoxy) is 1. The molecule has 0 fully saturated rings. The van der Waals surface area contributed by atoms with Crippen LogP contribution in [0.5, 0.6) is 5.75 Å². The van der Waals surface area contributed by atoms with Gasteiger partial charge < -0.3 is 4.74 Å². The SMILES string of the molecule is COc1ccccc1C(Cl)S(C)(=O)=O. The number of benzene rings is 1. The molecule has 78 valence electrons. The Hall–Kier alpha value is -0.740. The zero-order valence-corrected chi connectivity index (χ0v) is 9.47. The van der Waals surface area contributed by atoms with Crippen molar-refractivity contribution in [1.82, 2.24) is 0 Å². The molecule has 1 atom stereocenters. The van der Waals surface area contributed by atoms with Crippen molar-refractivity contribution >= 4 is 21.4 Å². The van der Waals surface area contributed by atoms with Crippen LogP contribution < -0.4 is 4.74 Å². The second-order valence-electron chi connectivity index (χ2n) is 2.89. The first-order valence-corrected chi connectivity index (χ1v) is 6.31. The molecule has 3 nitrogen and oxygen atoms in total. The molecule has 0 saturated carbocycles. The second kappa shape index (κ2) is 4.19. The van der Waals surface area contributed by atoms with Crippen molar-refractivity contribution in [2.24, 2.45) is 0 Å². The largest absolute Gasteiger partial charge is 0.496 e. The molecule has 0 aliphatic heterocycles. The fourth-order valence-electron chi connectivity index (χ4n) is 1.08. The van der Waals surface area contributed by atoms with Gasteiger partial charge in [-0.25, -0.2) is 8.42 Å². The summed E-state index contributed by atoms with van der Waals surface area (Å²) in [4.78, 5) is 0. The topological polar surface area (TPSA) is 43.4 Å². The van der Waals surface area contributed by atoms with Crippen LogP contribution in [-0.2, 0) is 9.84 Å². The number of alkyl halides is 1. The highest BCUT2D eigenvalue weighted by Gasteiger charge is 2.22. The molecule has 1 aromatic carbocycles. The lowest BCUT2D eigenvalue weighted by molar-refractivity contribution is 0.410. The molecule has 0 amide bonds. The van der Waals surface area contributed by atoms with E-state index in [0.717, 1.165) is 6.26 Å². The van der Waals surface area contributed by atoms with Crippen molar-refractivity contribution in [3.05, 3.63) is 29.8 Å². The quantitative estimate of drug-likeness (QED) is 0.752. The van der Waals surface area contributed by atoms with Gasteiger partial charge in [0, 0.05) is 11.8 Å². The van der Waals surface area contributed by atoms with Crippen LogP contribution in [0.1, 0.15) is 10.3 Å². The van der Waals surface area contributed by atoms with E-state index >= 15 is 0 Å². The molecule has 1 unspecified atom stereocenters. The van der Waals surface area contributed by atoms with Crippen LogP contribution >= 0.6 is 11.6 Å². The maximum Gasteiger partial charge on any atom is 0.168 e. The summed E-state index contributed by atoms with van der Waals surface area (Å²) in [5.41, 5.74) is 0.471. The fourth-order valence-corrected chi connectivity index (χ4v) is 1.92. The third kappa shape index (κ3) is 2.39. The highest BCUT2D eigenvalue weighted by Crippen LogP contribution is 2.32. The Morgan fingerprint density at radius 3 is 2.43 bits per heavy atom.